The number of ether oxygens (including phenoxy) is 2. The maximum absolute atomic E-state index is 5.43. The van der Waals surface area contributed by atoms with Crippen LogP contribution in [0.1, 0.15) is 44.1 Å². The molecule has 0 bridgehead atoms. The van der Waals surface area contributed by atoms with Gasteiger partial charge in [0.05, 0.1) is 14.2 Å². The van der Waals surface area contributed by atoms with E-state index < -0.39 is 0 Å². The van der Waals surface area contributed by atoms with E-state index in [1.54, 1.807) is 14.2 Å². The van der Waals surface area contributed by atoms with Gasteiger partial charge in [-0.1, -0.05) is 31.7 Å². The van der Waals surface area contributed by atoms with Crippen molar-refractivity contribution in [2.75, 3.05) is 20.8 Å². The topological polar surface area (TPSA) is 30.5 Å². The van der Waals surface area contributed by atoms with Crippen LogP contribution in [0.25, 0.3) is 0 Å². The zero-order valence-corrected chi connectivity index (χ0v) is 12.8. The summed E-state index contributed by atoms with van der Waals surface area (Å²) in [6.07, 6.45) is 8.40. The normalized spacial score (nSPS) is 16.7. The molecule has 0 unspecified atom stereocenters. The van der Waals surface area contributed by atoms with Gasteiger partial charge < -0.3 is 14.8 Å². The predicted molar refractivity (Wildman–Crippen MR) is 82.4 cm³/mol. The molecule has 0 heterocycles. The Balaban J connectivity index is 1.83. The van der Waals surface area contributed by atoms with Crippen LogP contribution in [0.4, 0.5) is 0 Å². The fourth-order valence-corrected chi connectivity index (χ4v) is 2.98. The Bertz CT molecular complexity index is 398. The molecular weight excluding hydrogens is 250 g/mol. The molecule has 2 rings (SSSR count). The number of benzene rings is 1. The Morgan fingerprint density at radius 3 is 2.45 bits per heavy atom. The van der Waals surface area contributed by atoms with Gasteiger partial charge in [0, 0.05) is 18.2 Å². The molecule has 20 heavy (non-hydrogen) atoms. The van der Waals surface area contributed by atoms with E-state index in [0.717, 1.165) is 30.5 Å². The summed E-state index contributed by atoms with van der Waals surface area (Å²) in [7, 11) is 3.39. The number of hydrogen-bond acceptors (Lipinski definition) is 3. The lowest BCUT2D eigenvalue weighted by Crippen LogP contribution is -2.22. The lowest BCUT2D eigenvalue weighted by molar-refractivity contribution is 0.386. The van der Waals surface area contributed by atoms with Crippen LogP contribution in [-0.2, 0) is 6.54 Å². The molecule has 112 valence electrons. The zero-order chi connectivity index (χ0) is 14.2. The molecule has 0 radical (unpaired) electrons. The molecule has 1 aromatic carbocycles. The third-order valence-electron chi connectivity index (χ3n) is 4.22. The molecule has 1 aromatic rings. The van der Waals surface area contributed by atoms with Crippen LogP contribution in [0, 0.1) is 5.92 Å². The first-order chi connectivity index (χ1) is 9.83. The van der Waals surface area contributed by atoms with E-state index in [0.29, 0.717) is 0 Å². The van der Waals surface area contributed by atoms with Crippen molar-refractivity contribution in [1.29, 1.82) is 0 Å². The first kappa shape index (κ1) is 15.2. The van der Waals surface area contributed by atoms with Crippen LogP contribution in [0.2, 0.25) is 0 Å². The van der Waals surface area contributed by atoms with Crippen LogP contribution in [0.15, 0.2) is 18.2 Å². The first-order valence-corrected chi connectivity index (χ1v) is 7.75. The Hall–Kier alpha value is -1.22. The SMILES string of the molecule is COc1ccc(CNCC2CCCCCC2)c(OC)c1. The van der Waals surface area contributed by atoms with Gasteiger partial charge in [0.2, 0.25) is 0 Å². The third-order valence-corrected chi connectivity index (χ3v) is 4.22. The largest absolute Gasteiger partial charge is 0.497 e. The van der Waals surface area contributed by atoms with Crippen molar-refractivity contribution in [2.24, 2.45) is 5.92 Å². The molecule has 0 atom stereocenters. The van der Waals surface area contributed by atoms with Gasteiger partial charge in [-0.2, -0.15) is 0 Å². The van der Waals surface area contributed by atoms with Gasteiger partial charge in [-0.25, -0.2) is 0 Å². The Labute approximate surface area is 122 Å². The summed E-state index contributed by atoms with van der Waals surface area (Å²) in [6, 6.07) is 6.02. The minimum atomic E-state index is 0.842. The van der Waals surface area contributed by atoms with E-state index in [1.165, 1.54) is 44.1 Å². The fraction of sp³-hybridized carbons (Fsp3) is 0.647. The van der Waals surface area contributed by atoms with E-state index in [1.807, 2.05) is 12.1 Å². The summed E-state index contributed by atoms with van der Waals surface area (Å²) in [4.78, 5) is 0. The fourth-order valence-electron chi connectivity index (χ4n) is 2.98. The lowest BCUT2D eigenvalue weighted by Gasteiger charge is -2.16. The van der Waals surface area contributed by atoms with Crippen LogP contribution >= 0.6 is 0 Å². The molecule has 1 saturated carbocycles. The average molecular weight is 277 g/mol. The molecule has 1 fully saturated rings. The van der Waals surface area contributed by atoms with Gasteiger partial charge in [0.25, 0.3) is 0 Å². The highest BCUT2D eigenvalue weighted by molar-refractivity contribution is 5.40. The third kappa shape index (κ3) is 4.41. The molecule has 0 aromatic heterocycles. The van der Waals surface area contributed by atoms with Crippen molar-refractivity contribution in [2.45, 2.75) is 45.1 Å². The van der Waals surface area contributed by atoms with Gasteiger partial charge in [0.15, 0.2) is 0 Å². The van der Waals surface area contributed by atoms with Crippen molar-refractivity contribution in [3.63, 3.8) is 0 Å². The minimum Gasteiger partial charge on any atom is -0.497 e. The molecule has 0 amide bonds. The second kappa shape index (κ2) is 8.15. The summed E-state index contributed by atoms with van der Waals surface area (Å²) in [5, 5.41) is 3.59. The van der Waals surface area contributed by atoms with Crippen molar-refractivity contribution < 1.29 is 9.47 Å². The van der Waals surface area contributed by atoms with E-state index >= 15 is 0 Å². The number of methoxy groups -OCH3 is 2. The molecule has 1 aliphatic carbocycles. The average Bonchev–Trinajstić information content (AvgIpc) is 2.76. The van der Waals surface area contributed by atoms with Crippen LogP contribution in [0.3, 0.4) is 0 Å². The summed E-state index contributed by atoms with van der Waals surface area (Å²) >= 11 is 0. The summed E-state index contributed by atoms with van der Waals surface area (Å²) in [5.41, 5.74) is 1.20. The smallest absolute Gasteiger partial charge is 0.127 e. The second-order valence-corrected chi connectivity index (χ2v) is 5.67. The van der Waals surface area contributed by atoms with E-state index in [2.05, 4.69) is 11.4 Å². The maximum atomic E-state index is 5.43. The van der Waals surface area contributed by atoms with Crippen molar-refractivity contribution in [1.82, 2.24) is 5.32 Å². The Morgan fingerprint density at radius 1 is 1.05 bits per heavy atom. The van der Waals surface area contributed by atoms with Crippen molar-refractivity contribution >= 4 is 0 Å². The highest BCUT2D eigenvalue weighted by Gasteiger charge is 2.12. The standard InChI is InChI=1S/C17H27NO2/c1-19-16-10-9-15(17(11-16)20-2)13-18-12-14-7-5-3-4-6-8-14/h9-11,14,18H,3-8,12-13H2,1-2H3. The summed E-state index contributed by atoms with van der Waals surface area (Å²) < 4.78 is 10.7. The first-order valence-electron chi connectivity index (χ1n) is 7.75. The van der Waals surface area contributed by atoms with Crippen molar-refractivity contribution in [3.05, 3.63) is 23.8 Å². The van der Waals surface area contributed by atoms with Crippen LogP contribution in [-0.4, -0.2) is 20.8 Å². The Kier molecular flexibility index (Phi) is 6.19. The number of hydrogen-bond donors (Lipinski definition) is 1. The quantitative estimate of drug-likeness (QED) is 0.803. The number of rotatable bonds is 6. The summed E-state index contributed by atoms with van der Waals surface area (Å²) in [6.45, 7) is 1.98. The minimum absolute atomic E-state index is 0.842. The monoisotopic (exact) mass is 277 g/mol. The Morgan fingerprint density at radius 2 is 1.80 bits per heavy atom. The highest BCUT2D eigenvalue weighted by Crippen LogP contribution is 2.25. The maximum Gasteiger partial charge on any atom is 0.127 e. The van der Waals surface area contributed by atoms with Crippen LogP contribution in [0.5, 0.6) is 11.5 Å². The van der Waals surface area contributed by atoms with E-state index in [-0.39, 0.29) is 0 Å². The predicted octanol–water partition coefficient (Wildman–Crippen LogP) is 3.76. The van der Waals surface area contributed by atoms with Crippen LogP contribution < -0.4 is 14.8 Å². The van der Waals surface area contributed by atoms with Crippen molar-refractivity contribution in [3.8, 4) is 11.5 Å². The molecule has 0 spiro atoms. The highest BCUT2D eigenvalue weighted by atomic mass is 16.5. The molecule has 3 heteroatoms. The van der Waals surface area contributed by atoms with E-state index in [9.17, 15) is 0 Å². The van der Waals surface area contributed by atoms with Gasteiger partial charge in [-0.3, -0.25) is 0 Å². The van der Waals surface area contributed by atoms with Gasteiger partial charge in [-0.15, -0.1) is 0 Å². The molecule has 1 aliphatic rings. The second-order valence-electron chi connectivity index (χ2n) is 5.67. The molecule has 3 nitrogen and oxygen atoms in total. The van der Waals surface area contributed by atoms with Gasteiger partial charge in [-0.05, 0) is 31.4 Å². The van der Waals surface area contributed by atoms with Gasteiger partial charge >= 0.3 is 0 Å². The van der Waals surface area contributed by atoms with Gasteiger partial charge in [0.1, 0.15) is 11.5 Å². The lowest BCUT2D eigenvalue weighted by atomic mass is 10.0. The molecular formula is C17H27NO2. The summed E-state index contributed by atoms with van der Waals surface area (Å²) in [5.74, 6) is 2.59. The van der Waals surface area contributed by atoms with E-state index in [4.69, 9.17) is 9.47 Å². The zero-order valence-electron chi connectivity index (χ0n) is 12.8. The molecule has 0 aliphatic heterocycles. The molecule has 1 N–H and O–H groups in total. The molecule has 0 saturated heterocycles. The number of nitrogens with one attached hydrogen (secondary N) is 1.